The molecule has 0 spiro atoms. The number of rotatable bonds is 4. The van der Waals surface area contributed by atoms with Crippen LogP contribution >= 0.6 is 0 Å². The summed E-state index contributed by atoms with van der Waals surface area (Å²) >= 11 is 0. The molecular formula is C28H27N5. The van der Waals surface area contributed by atoms with E-state index in [1.807, 2.05) is 48.5 Å². The molecule has 0 amide bonds. The van der Waals surface area contributed by atoms with E-state index < -0.39 is 17.3 Å². The van der Waals surface area contributed by atoms with E-state index in [-0.39, 0.29) is 11.6 Å². The number of fused-ring (bicyclic) bond motifs is 1. The summed E-state index contributed by atoms with van der Waals surface area (Å²) in [4.78, 5) is 2.29. The van der Waals surface area contributed by atoms with Crippen molar-refractivity contribution >= 4 is 5.71 Å². The van der Waals surface area contributed by atoms with Gasteiger partial charge in [0, 0.05) is 31.5 Å². The fourth-order valence-corrected chi connectivity index (χ4v) is 5.30. The lowest BCUT2D eigenvalue weighted by Gasteiger charge is -2.47. The smallest absolute Gasteiger partial charge is 0.189 e. The Kier molecular flexibility index (Phi) is 6.15. The first-order valence-electron chi connectivity index (χ1n) is 11.3. The van der Waals surface area contributed by atoms with Gasteiger partial charge in [0.05, 0.1) is 23.9 Å². The van der Waals surface area contributed by atoms with Crippen molar-refractivity contribution in [2.24, 2.45) is 17.3 Å². The van der Waals surface area contributed by atoms with E-state index in [1.165, 1.54) is 11.1 Å². The van der Waals surface area contributed by atoms with Crippen molar-refractivity contribution in [1.29, 1.82) is 21.2 Å². The molecule has 3 atom stereocenters. The number of nitrogens with one attached hydrogen (secondary N) is 1. The van der Waals surface area contributed by atoms with Crippen LogP contribution < -0.4 is 0 Å². The van der Waals surface area contributed by atoms with E-state index in [0.717, 1.165) is 17.7 Å². The number of hydrogen-bond acceptors (Lipinski definition) is 5. The number of nitrogens with zero attached hydrogens (tertiary/aromatic N) is 4. The van der Waals surface area contributed by atoms with Crippen molar-refractivity contribution in [3.8, 4) is 18.2 Å². The second-order valence-corrected chi connectivity index (χ2v) is 9.30. The van der Waals surface area contributed by atoms with Gasteiger partial charge in [0.2, 0.25) is 0 Å². The molecule has 0 radical (unpaired) electrons. The zero-order chi connectivity index (χ0) is 23.6. The Hall–Kier alpha value is -3.72. The average molecular weight is 434 g/mol. The molecule has 1 aliphatic carbocycles. The molecule has 33 heavy (non-hydrogen) atoms. The van der Waals surface area contributed by atoms with Crippen LogP contribution in [0.3, 0.4) is 0 Å². The molecule has 164 valence electrons. The molecule has 0 saturated heterocycles. The molecule has 1 heterocycles. The minimum atomic E-state index is -1.67. The predicted octanol–water partition coefficient (Wildman–Crippen LogP) is 5.16. The van der Waals surface area contributed by atoms with Crippen molar-refractivity contribution in [2.75, 3.05) is 13.1 Å². The number of hydrogen-bond donors (Lipinski definition) is 1. The number of nitriles is 3. The first-order chi connectivity index (χ1) is 15.9. The number of benzene rings is 2. The lowest BCUT2D eigenvalue weighted by Crippen LogP contribution is -2.52. The Morgan fingerprint density at radius 3 is 2.27 bits per heavy atom. The third kappa shape index (κ3) is 3.84. The van der Waals surface area contributed by atoms with Crippen LogP contribution in [0.4, 0.5) is 0 Å². The quantitative estimate of drug-likeness (QED) is 0.673. The van der Waals surface area contributed by atoms with Crippen LogP contribution in [0.15, 0.2) is 66.2 Å². The molecule has 2 aromatic rings. The second-order valence-electron chi connectivity index (χ2n) is 9.30. The molecule has 2 aliphatic rings. The fraction of sp³-hybridized carbons (Fsp3) is 0.357. The Morgan fingerprint density at radius 2 is 1.70 bits per heavy atom. The SMILES string of the molecule is CC(C)c1ccc([C@@H]2[C@@H]3CN(Cc4ccccc4)CC=C3[C@@H](C#N)C(=N)C2(C#N)C#N)cc1. The molecule has 0 aromatic heterocycles. The van der Waals surface area contributed by atoms with Crippen LogP contribution in [0.5, 0.6) is 0 Å². The van der Waals surface area contributed by atoms with Gasteiger partial charge in [-0.15, -0.1) is 0 Å². The van der Waals surface area contributed by atoms with Gasteiger partial charge in [-0.25, -0.2) is 0 Å². The first-order valence-corrected chi connectivity index (χ1v) is 11.3. The molecule has 1 aliphatic heterocycles. The van der Waals surface area contributed by atoms with Crippen LogP contribution in [0.25, 0.3) is 0 Å². The van der Waals surface area contributed by atoms with Crippen LogP contribution in [0, 0.1) is 56.7 Å². The monoisotopic (exact) mass is 433 g/mol. The lowest BCUT2D eigenvalue weighted by atomic mass is 9.54. The molecule has 1 N–H and O–H groups in total. The van der Waals surface area contributed by atoms with Gasteiger partial charge in [0.1, 0.15) is 5.92 Å². The van der Waals surface area contributed by atoms with Gasteiger partial charge in [-0.1, -0.05) is 74.5 Å². The largest absolute Gasteiger partial charge is 0.305 e. The normalized spacial score (nSPS) is 24.2. The van der Waals surface area contributed by atoms with Crippen LogP contribution in [-0.2, 0) is 6.54 Å². The predicted molar refractivity (Wildman–Crippen MR) is 127 cm³/mol. The molecule has 5 heteroatoms. The Bertz CT molecular complexity index is 1170. The summed E-state index contributed by atoms with van der Waals surface area (Å²) in [6.45, 7) is 6.31. The van der Waals surface area contributed by atoms with Gasteiger partial charge < -0.3 is 5.41 Å². The van der Waals surface area contributed by atoms with Gasteiger partial charge in [-0.2, -0.15) is 15.8 Å². The highest BCUT2D eigenvalue weighted by atomic mass is 15.1. The maximum absolute atomic E-state index is 10.2. The topological polar surface area (TPSA) is 98.5 Å². The summed E-state index contributed by atoms with van der Waals surface area (Å²) < 4.78 is 0. The van der Waals surface area contributed by atoms with Crippen molar-refractivity contribution in [3.63, 3.8) is 0 Å². The van der Waals surface area contributed by atoms with Crippen LogP contribution in [0.2, 0.25) is 0 Å². The van der Waals surface area contributed by atoms with Crippen molar-refractivity contribution in [3.05, 3.63) is 82.9 Å². The highest BCUT2D eigenvalue weighted by molar-refractivity contribution is 6.00. The highest BCUT2D eigenvalue weighted by Crippen LogP contribution is 2.53. The molecule has 1 saturated carbocycles. The minimum Gasteiger partial charge on any atom is -0.305 e. The summed E-state index contributed by atoms with van der Waals surface area (Å²) in [5.41, 5.74) is 2.37. The molecule has 1 fully saturated rings. The van der Waals surface area contributed by atoms with E-state index in [4.69, 9.17) is 5.41 Å². The maximum Gasteiger partial charge on any atom is 0.189 e. The average Bonchev–Trinajstić information content (AvgIpc) is 2.84. The van der Waals surface area contributed by atoms with Gasteiger partial charge in [-0.05, 0) is 28.2 Å². The highest BCUT2D eigenvalue weighted by Gasteiger charge is 2.57. The summed E-state index contributed by atoms with van der Waals surface area (Å²) in [5, 5.41) is 39.2. The van der Waals surface area contributed by atoms with E-state index >= 15 is 0 Å². The second kappa shape index (κ2) is 9.03. The minimum absolute atomic E-state index is 0.0908. The molecular weight excluding hydrogens is 406 g/mol. The summed E-state index contributed by atoms with van der Waals surface area (Å²) in [5.74, 6) is -1.16. The Labute approximate surface area is 195 Å². The third-order valence-electron chi connectivity index (χ3n) is 7.08. The summed E-state index contributed by atoms with van der Waals surface area (Å²) in [7, 11) is 0. The summed E-state index contributed by atoms with van der Waals surface area (Å²) in [6, 6.07) is 24.9. The van der Waals surface area contributed by atoms with Crippen LogP contribution in [0.1, 0.15) is 42.4 Å². The first kappa shape index (κ1) is 22.5. The third-order valence-corrected chi connectivity index (χ3v) is 7.08. The molecule has 4 rings (SSSR count). The Balaban J connectivity index is 1.80. The fourth-order valence-electron chi connectivity index (χ4n) is 5.30. The van der Waals surface area contributed by atoms with E-state index in [9.17, 15) is 15.8 Å². The van der Waals surface area contributed by atoms with E-state index in [2.05, 4.69) is 49.1 Å². The summed E-state index contributed by atoms with van der Waals surface area (Å²) in [6.07, 6.45) is 2.05. The van der Waals surface area contributed by atoms with Gasteiger partial charge >= 0.3 is 0 Å². The zero-order valence-corrected chi connectivity index (χ0v) is 19.0. The maximum atomic E-state index is 10.2. The van der Waals surface area contributed by atoms with Crippen molar-refractivity contribution in [2.45, 2.75) is 32.2 Å². The van der Waals surface area contributed by atoms with Gasteiger partial charge in [0.25, 0.3) is 0 Å². The molecule has 0 unspecified atom stereocenters. The molecule has 0 bridgehead atoms. The van der Waals surface area contributed by atoms with Crippen molar-refractivity contribution < 1.29 is 0 Å². The standard InChI is InChI=1S/C28H27N5/c1-19(2)21-8-10-22(11-9-21)26-25-16-33(15-20-6-4-3-5-7-20)13-12-23(25)24(14-29)27(32)28(26,17-30)18-31/h3-12,19,24-26,32H,13,15-16H2,1-2H3/t24-,25-,26-/m1/s1. The molecule has 5 nitrogen and oxygen atoms in total. The van der Waals surface area contributed by atoms with Crippen molar-refractivity contribution in [1.82, 2.24) is 4.90 Å². The molecule has 2 aromatic carbocycles. The van der Waals surface area contributed by atoms with Gasteiger partial charge in [0.15, 0.2) is 5.41 Å². The Morgan fingerprint density at radius 1 is 1.03 bits per heavy atom. The lowest BCUT2D eigenvalue weighted by molar-refractivity contribution is 0.198. The van der Waals surface area contributed by atoms with E-state index in [1.54, 1.807) is 0 Å². The van der Waals surface area contributed by atoms with Gasteiger partial charge in [-0.3, -0.25) is 4.90 Å². The zero-order valence-electron chi connectivity index (χ0n) is 19.0. The van der Waals surface area contributed by atoms with E-state index in [0.29, 0.717) is 19.0 Å². The van der Waals surface area contributed by atoms with Crippen LogP contribution in [-0.4, -0.2) is 23.7 Å².